The third-order valence-corrected chi connectivity index (χ3v) is 2.39. The van der Waals surface area contributed by atoms with E-state index in [4.69, 9.17) is 0 Å². The zero-order chi connectivity index (χ0) is 11.9. The minimum atomic E-state index is 1.04. The Balaban J connectivity index is 2.06. The molecular formula is C17H14. The predicted octanol–water partition coefficient (Wildman–Crippen LogP) is 4.06. The second-order valence-electron chi connectivity index (χ2n) is 3.88. The fourth-order valence-electron chi connectivity index (χ4n) is 1.56. The Kier molecular flexibility index (Phi) is 3.78. The first-order valence-corrected chi connectivity index (χ1v) is 5.64. The maximum absolute atomic E-state index is 3.09. The summed E-state index contributed by atoms with van der Waals surface area (Å²) in [6, 6.07) is 18.4. The van der Waals surface area contributed by atoms with Crippen molar-refractivity contribution in [2.45, 2.75) is 6.92 Å². The van der Waals surface area contributed by atoms with Gasteiger partial charge >= 0.3 is 0 Å². The summed E-state index contributed by atoms with van der Waals surface area (Å²) < 4.78 is 0. The number of hydrogen-bond donors (Lipinski definition) is 0. The molecule has 2 aromatic rings. The van der Waals surface area contributed by atoms with Crippen LogP contribution in [0.15, 0.2) is 60.7 Å². The van der Waals surface area contributed by atoms with Crippen molar-refractivity contribution in [2.24, 2.45) is 0 Å². The molecule has 2 rings (SSSR count). The Bertz CT molecular complexity index is 566. The monoisotopic (exact) mass is 218 g/mol. The molecule has 0 amide bonds. The van der Waals surface area contributed by atoms with Crippen LogP contribution in [0.1, 0.15) is 16.7 Å². The molecule has 0 radical (unpaired) electrons. The van der Waals surface area contributed by atoms with Gasteiger partial charge in [-0.2, -0.15) is 0 Å². The summed E-state index contributed by atoms with van der Waals surface area (Å²) in [6.07, 6.45) is 3.92. The maximum atomic E-state index is 3.09. The van der Waals surface area contributed by atoms with Gasteiger partial charge in [-0.15, -0.1) is 0 Å². The zero-order valence-corrected chi connectivity index (χ0v) is 9.85. The average molecular weight is 218 g/mol. The molecule has 0 saturated heterocycles. The molecule has 0 heterocycles. The standard InChI is InChI=1S/C17H14/c1-15-8-7-13-17(14-15)12-6-5-11-16-9-3-2-4-10-16/h2-4,6-10,12-14H,1H3/b12-6+. The molecule has 0 aliphatic rings. The third-order valence-electron chi connectivity index (χ3n) is 2.39. The minimum Gasteiger partial charge on any atom is -0.0696 e. The van der Waals surface area contributed by atoms with Crippen molar-refractivity contribution >= 4 is 6.08 Å². The van der Waals surface area contributed by atoms with Gasteiger partial charge in [-0.05, 0) is 36.8 Å². The Labute approximate surface area is 103 Å². The van der Waals surface area contributed by atoms with Gasteiger partial charge in [0, 0.05) is 5.56 Å². The predicted molar refractivity (Wildman–Crippen MR) is 73.5 cm³/mol. The van der Waals surface area contributed by atoms with E-state index in [2.05, 4.69) is 43.0 Å². The van der Waals surface area contributed by atoms with E-state index in [1.807, 2.05) is 42.5 Å². The normalized spacial score (nSPS) is 9.94. The quantitative estimate of drug-likeness (QED) is 0.633. The fraction of sp³-hybridized carbons (Fsp3) is 0.0588. The molecule has 82 valence electrons. The van der Waals surface area contributed by atoms with E-state index >= 15 is 0 Å². The summed E-state index contributed by atoms with van der Waals surface area (Å²) in [5.41, 5.74) is 3.50. The van der Waals surface area contributed by atoms with E-state index in [0.29, 0.717) is 0 Å². The first-order valence-electron chi connectivity index (χ1n) is 5.64. The van der Waals surface area contributed by atoms with Crippen LogP contribution in [0.25, 0.3) is 6.08 Å². The molecule has 0 nitrogen and oxygen atoms in total. The highest BCUT2D eigenvalue weighted by molar-refractivity contribution is 5.54. The van der Waals surface area contributed by atoms with Gasteiger partial charge in [-0.25, -0.2) is 0 Å². The Hall–Kier alpha value is -2.26. The van der Waals surface area contributed by atoms with Crippen LogP contribution in [-0.2, 0) is 0 Å². The number of allylic oxidation sites excluding steroid dienone is 1. The van der Waals surface area contributed by atoms with Crippen LogP contribution in [0.2, 0.25) is 0 Å². The lowest BCUT2D eigenvalue weighted by Gasteiger charge is -1.93. The van der Waals surface area contributed by atoms with Gasteiger partial charge in [0.25, 0.3) is 0 Å². The van der Waals surface area contributed by atoms with Gasteiger partial charge in [-0.3, -0.25) is 0 Å². The Morgan fingerprint density at radius 2 is 1.76 bits per heavy atom. The summed E-state index contributed by atoms with van der Waals surface area (Å²) >= 11 is 0. The van der Waals surface area contributed by atoms with Gasteiger partial charge in [-0.1, -0.05) is 59.9 Å². The van der Waals surface area contributed by atoms with Crippen LogP contribution in [0.4, 0.5) is 0 Å². The first-order chi connectivity index (χ1) is 8.34. The van der Waals surface area contributed by atoms with Crippen molar-refractivity contribution < 1.29 is 0 Å². The van der Waals surface area contributed by atoms with Gasteiger partial charge in [0.05, 0.1) is 0 Å². The van der Waals surface area contributed by atoms with Gasteiger partial charge in [0.2, 0.25) is 0 Å². The summed E-state index contributed by atoms with van der Waals surface area (Å²) in [6.45, 7) is 2.09. The topological polar surface area (TPSA) is 0 Å². The third kappa shape index (κ3) is 3.66. The number of benzene rings is 2. The molecule has 0 aliphatic heterocycles. The van der Waals surface area contributed by atoms with E-state index in [1.165, 1.54) is 11.1 Å². The summed E-state index contributed by atoms with van der Waals surface area (Å²) in [5, 5.41) is 0. The largest absolute Gasteiger partial charge is 0.0696 e. The van der Waals surface area contributed by atoms with E-state index in [9.17, 15) is 0 Å². The van der Waals surface area contributed by atoms with E-state index in [-0.39, 0.29) is 0 Å². The minimum absolute atomic E-state index is 1.04. The lowest BCUT2D eigenvalue weighted by atomic mass is 10.1. The van der Waals surface area contributed by atoms with Crippen LogP contribution in [0.5, 0.6) is 0 Å². The molecule has 0 N–H and O–H groups in total. The second kappa shape index (κ2) is 5.72. The lowest BCUT2D eigenvalue weighted by molar-refractivity contribution is 1.46. The van der Waals surface area contributed by atoms with Crippen LogP contribution >= 0.6 is 0 Å². The molecule has 0 saturated carbocycles. The van der Waals surface area contributed by atoms with Crippen LogP contribution in [0.3, 0.4) is 0 Å². The number of hydrogen-bond acceptors (Lipinski definition) is 0. The molecular weight excluding hydrogens is 204 g/mol. The van der Waals surface area contributed by atoms with Crippen molar-refractivity contribution in [3.8, 4) is 11.8 Å². The molecule has 0 unspecified atom stereocenters. The van der Waals surface area contributed by atoms with E-state index in [1.54, 1.807) is 0 Å². The van der Waals surface area contributed by atoms with E-state index in [0.717, 1.165) is 5.56 Å². The first kappa shape index (κ1) is 11.2. The number of rotatable bonds is 1. The highest BCUT2D eigenvalue weighted by Gasteiger charge is 1.85. The van der Waals surface area contributed by atoms with Crippen molar-refractivity contribution in [1.29, 1.82) is 0 Å². The second-order valence-corrected chi connectivity index (χ2v) is 3.88. The molecule has 17 heavy (non-hydrogen) atoms. The van der Waals surface area contributed by atoms with Crippen molar-refractivity contribution in [1.82, 2.24) is 0 Å². The molecule has 0 bridgehead atoms. The van der Waals surface area contributed by atoms with Crippen LogP contribution in [0, 0.1) is 18.8 Å². The molecule has 0 spiro atoms. The van der Waals surface area contributed by atoms with Crippen molar-refractivity contribution in [2.75, 3.05) is 0 Å². The Morgan fingerprint density at radius 3 is 2.53 bits per heavy atom. The van der Waals surface area contributed by atoms with Crippen LogP contribution in [-0.4, -0.2) is 0 Å². The fourth-order valence-corrected chi connectivity index (χ4v) is 1.56. The summed E-state index contributed by atoms with van der Waals surface area (Å²) in [4.78, 5) is 0. The SMILES string of the molecule is Cc1cccc(/C=C/C#Cc2ccccc2)c1. The summed E-state index contributed by atoms with van der Waals surface area (Å²) in [5.74, 6) is 6.13. The van der Waals surface area contributed by atoms with E-state index < -0.39 is 0 Å². The molecule has 0 aromatic heterocycles. The summed E-state index contributed by atoms with van der Waals surface area (Å²) in [7, 11) is 0. The Morgan fingerprint density at radius 1 is 0.941 bits per heavy atom. The molecule has 0 heteroatoms. The van der Waals surface area contributed by atoms with Crippen molar-refractivity contribution in [3.05, 3.63) is 77.4 Å². The molecule has 2 aromatic carbocycles. The lowest BCUT2D eigenvalue weighted by Crippen LogP contribution is -1.73. The molecule has 0 fully saturated rings. The maximum Gasteiger partial charge on any atom is 0.0248 e. The van der Waals surface area contributed by atoms with Crippen molar-refractivity contribution in [3.63, 3.8) is 0 Å². The van der Waals surface area contributed by atoms with Gasteiger partial charge < -0.3 is 0 Å². The number of aryl methyl sites for hydroxylation is 1. The zero-order valence-electron chi connectivity index (χ0n) is 9.85. The smallest absolute Gasteiger partial charge is 0.0248 e. The highest BCUT2D eigenvalue weighted by Crippen LogP contribution is 2.05. The average Bonchev–Trinajstić information content (AvgIpc) is 2.36. The molecule has 0 atom stereocenters. The molecule has 0 aliphatic carbocycles. The van der Waals surface area contributed by atoms with Crippen LogP contribution < -0.4 is 0 Å². The van der Waals surface area contributed by atoms with Gasteiger partial charge in [0.1, 0.15) is 0 Å². The van der Waals surface area contributed by atoms with Gasteiger partial charge in [0.15, 0.2) is 0 Å². The highest BCUT2D eigenvalue weighted by atomic mass is 13.9.